The van der Waals surface area contributed by atoms with Crippen molar-refractivity contribution >= 4 is 17.7 Å². The third-order valence-electron chi connectivity index (χ3n) is 5.89. The van der Waals surface area contributed by atoms with Crippen LogP contribution in [0.1, 0.15) is 48.4 Å². The number of nitrogens with zero attached hydrogens (tertiary/aromatic N) is 3. The van der Waals surface area contributed by atoms with Gasteiger partial charge in [0.2, 0.25) is 0 Å². The molecule has 3 aromatic rings. The zero-order chi connectivity index (χ0) is 23.5. The summed E-state index contributed by atoms with van der Waals surface area (Å²) in [5, 5.41) is 2.99. The molecule has 0 spiro atoms. The maximum Gasteiger partial charge on any atom is 0.414 e. The Hall–Kier alpha value is -3.74. The lowest BCUT2D eigenvalue weighted by Gasteiger charge is -2.25. The van der Waals surface area contributed by atoms with Gasteiger partial charge in [-0.25, -0.2) is 4.79 Å². The van der Waals surface area contributed by atoms with E-state index in [1.165, 1.54) is 0 Å². The Bertz CT molecular complexity index is 1150. The van der Waals surface area contributed by atoms with Crippen molar-refractivity contribution in [3.05, 3.63) is 77.9 Å². The van der Waals surface area contributed by atoms with Gasteiger partial charge in [0.1, 0.15) is 6.61 Å². The Kier molecular flexibility index (Phi) is 6.40. The minimum Gasteiger partial charge on any atom is -0.447 e. The lowest BCUT2D eigenvalue weighted by molar-refractivity contribution is 0.0939. The minimum absolute atomic E-state index is 0.0970. The Balaban J connectivity index is 1.73. The van der Waals surface area contributed by atoms with E-state index < -0.39 is 6.09 Å². The van der Waals surface area contributed by atoms with Gasteiger partial charge in [-0.05, 0) is 49.1 Å². The largest absolute Gasteiger partial charge is 0.447 e. The van der Waals surface area contributed by atoms with Crippen LogP contribution in [0.3, 0.4) is 0 Å². The number of aryl methyl sites for hydroxylation is 1. The van der Waals surface area contributed by atoms with Crippen LogP contribution < -0.4 is 10.2 Å². The third kappa shape index (κ3) is 4.87. The summed E-state index contributed by atoms with van der Waals surface area (Å²) in [5.74, 6) is -0.0505. The molecule has 170 valence electrons. The van der Waals surface area contributed by atoms with E-state index in [1.807, 2.05) is 50.2 Å². The Morgan fingerprint density at radius 3 is 2.52 bits per heavy atom. The van der Waals surface area contributed by atoms with Gasteiger partial charge in [-0.3, -0.25) is 19.7 Å². The van der Waals surface area contributed by atoms with Crippen molar-refractivity contribution < 1.29 is 14.3 Å². The van der Waals surface area contributed by atoms with Crippen LogP contribution in [-0.2, 0) is 4.74 Å². The Labute approximate surface area is 193 Å². The molecular formula is C26H28N4O3. The van der Waals surface area contributed by atoms with Crippen molar-refractivity contribution in [3.8, 4) is 11.1 Å². The first-order chi connectivity index (χ1) is 15.8. The number of amides is 2. The van der Waals surface area contributed by atoms with Gasteiger partial charge in [0.05, 0.1) is 24.0 Å². The molecule has 33 heavy (non-hydrogen) atoms. The highest BCUT2D eigenvalue weighted by Crippen LogP contribution is 2.32. The summed E-state index contributed by atoms with van der Waals surface area (Å²) in [5.41, 5.74) is 4.74. The molecule has 1 N–H and O–H groups in total. The summed E-state index contributed by atoms with van der Waals surface area (Å²) in [6.07, 6.45) is 4.43. The normalized spacial score (nSPS) is 16.6. The van der Waals surface area contributed by atoms with Crippen LogP contribution in [0.5, 0.6) is 0 Å². The molecule has 2 amide bonds. The number of nitrogens with one attached hydrogen (secondary N) is 1. The van der Waals surface area contributed by atoms with Gasteiger partial charge in [-0.1, -0.05) is 43.7 Å². The molecule has 2 heterocycles. The molecule has 1 aromatic heterocycles. The molecule has 7 nitrogen and oxygen atoms in total. The van der Waals surface area contributed by atoms with Crippen molar-refractivity contribution in [2.45, 2.75) is 39.8 Å². The van der Waals surface area contributed by atoms with Crippen LogP contribution in [-0.4, -0.2) is 34.6 Å². The second-order valence-corrected chi connectivity index (χ2v) is 8.72. The first-order valence-corrected chi connectivity index (χ1v) is 11.1. The number of aromatic nitrogens is 2. The molecule has 1 saturated heterocycles. The topological polar surface area (TPSA) is 84.4 Å². The van der Waals surface area contributed by atoms with E-state index in [9.17, 15) is 9.59 Å². The predicted molar refractivity (Wildman–Crippen MR) is 127 cm³/mol. The maximum absolute atomic E-state index is 13.2. The number of rotatable bonds is 6. The molecule has 2 atom stereocenters. The lowest BCUT2D eigenvalue weighted by atomic mass is 9.98. The first kappa shape index (κ1) is 22.5. The van der Waals surface area contributed by atoms with Crippen LogP contribution in [0.4, 0.5) is 10.5 Å². The van der Waals surface area contributed by atoms with Crippen molar-refractivity contribution in [2.75, 3.05) is 11.5 Å². The molecular weight excluding hydrogens is 416 g/mol. The van der Waals surface area contributed by atoms with Crippen LogP contribution >= 0.6 is 0 Å². The molecule has 2 aromatic carbocycles. The standard InChI is InChI=1S/C26H28N4O3/c1-16(2)24-15-33-26(32)30(24)22-12-20(19-7-5-17(3)6-8-19)11-21(13-22)25(31)29-18(4)23-14-27-9-10-28-23/h5-14,16,18,24H,15H2,1-4H3,(H,29,31)/t18?,24-/m0/s1. The molecule has 7 heteroatoms. The second-order valence-electron chi connectivity index (χ2n) is 8.72. The minimum atomic E-state index is -0.394. The van der Waals surface area contributed by atoms with E-state index in [1.54, 1.807) is 29.6 Å². The van der Waals surface area contributed by atoms with Gasteiger partial charge in [0.15, 0.2) is 0 Å². The molecule has 0 aliphatic carbocycles. The van der Waals surface area contributed by atoms with Gasteiger partial charge in [0, 0.05) is 23.6 Å². The van der Waals surface area contributed by atoms with Crippen LogP contribution in [0, 0.1) is 12.8 Å². The fraction of sp³-hybridized carbons (Fsp3) is 0.308. The van der Waals surface area contributed by atoms with Crippen LogP contribution in [0.2, 0.25) is 0 Å². The zero-order valence-corrected chi connectivity index (χ0v) is 19.3. The number of benzene rings is 2. The van der Waals surface area contributed by atoms with E-state index in [0.717, 1.165) is 16.7 Å². The SMILES string of the molecule is Cc1ccc(-c2cc(C(=O)NC(C)c3cnccn3)cc(N3C(=O)OC[C@H]3C(C)C)c2)cc1. The number of hydrogen-bond donors (Lipinski definition) is 1. The summed E-state index contributed by atoms with van der Waals surface area (Å²) in [4.78, 5) is 35.9. The molecule has 0 bridgehead atoms. The highest BCUT2D eigenvalue weighted by atomic mass is 16.6. The highest BCUT2D eigenvalue weighted by molar-refractivity contribution is 5.99. The molecule has 1 fully saturated rings. The van der Waals surface area contributed by atoms with E-state index in [2.05, 4.69) is 29.1 Å². The summed E-state index contributed by atoms with van der Waals surface area (Å²) in [6.45, 7) is 8.33. The number of anilines is 1. The third-order valence-corrected chi connectivity index (χ3v) is 5.89. The first-order valence-electron chi connectivity index (χ1n) is 11.1. The lowest BCUT2D eigenvalue weighted by Crippen LogP contribution is -2.37. The zero-order valence-electron chi connectivity index (χ0n) is 19.3. The fourth-order valence-corrected chi connectivity index (χ4v) is 3.91. The van der Waals surface area contributed by atoms with E-state index in [0.29, 0.717) is 23.6 Å². The Morgan fingerprint density at radius 1 is 1.09 bits per heavy atom. The number of hydrogen-bond acceptors (Lipinski definition) is 5. The quantitative estimate of drug-likeness (QED) is 0.583. The van der Waals surface area contributed by atoms with Crippen molar-refractivity contribution in [1.82, 2.24) is 15.3 Å². The average molecular weight is 445 g/mol. The average Bonchev–Trinajstić information content (AvgIpc) is 3.21. The predicted octanol–water partition coefficient (Wildman–Crippen LogP) is 4.92. The number of cyclic esters (lactones) is 1. The van der Waals surface area contributed by atoms with E-state index in [4.69, 9.17) is 4.74 Å². The van der Waals surface area contributed by atoms with Crippen molar-refractivity contribution in [2.24, 2.45) is 5.92 Å². The number of carbonyl (C=O) groups excluding carboxylic acids is 2. The molecule has 4 rings (SSSR count). The molecule has 0 saturated carbocycles. The highest BCUT2D eigenvalue weighted by Gasteiger charge is 2.36. The summed E-state index contributed by atoms with van der Waals surface area (Å²) >= 11 is 0. The summed E-state index contributed by atoms with van der Waals surface area (Å²) in [7, 11) is 0. The molecule has 0 radical (unpaired) electrons. The van der Waals surface area contributed by atoms with Gasteiger partial charge in [-0.2, -0.15) is 0 Å². The van der Waals surface area contributed by atoms with Gasteiger partial charge in [0.25, 0.3) is 5.91 Å². The molecule has 1 aliphatic heterocycles. The monoisotopic (exact) mass is 444 g/mol. The molecule has 1 unspecified atom stereocenters. The maximum atomic E-state index is 13.2. The van der Waals surface area contributed by atoms with E-state index >= 15 is 0 Å². The summed E-state index contributed by atoms with van der Waals surface area (Å²) in [6, 6.07) is 13.2. The van der Waals surface area contributed by atoms with Crippen molar-refractivity contribution in [1.29, 1.82) is 0 Å². The summed E-state index contributed by atoms with van der Waals surface area (Å²) < 4.78 is 5.35. The number of ether oxygens (including phenoxy) is 1. The smallest absolute Gasteiger partial charge is 0.414 e. The van der Waals surface area contributed by atoms with Gasteiger partial charge < -0.3 is 10.1 Å². The van der Waals surface area contributed by atoms with Crippen molar-refractivity contribution in [3.63, 3.8) is 0 Å². The fourth-order valence-electron chi connectivity index (χ4n) is 3.91. The van der Waals surface area contributed by atoms with Gasteiger partial charge >= 0.3 is 6.09 Å². The van der Waals surface area contributed by atoms with Crippen LogP contribution in [0.15, 0.2) is 61.1 Å². The van der Waals surface area contributed by atoms with Gasteiger partial charge in [-0.15, -0.1) is 0 Å². The van der Waals surface area contributed by atoms with Crippen LogP contribution in [0.25, 0.3) is 11.1 Å². The Morgan fingerprint density at radius 2 is 1.85 bits per heavy atom. The number of carbonyl (C=O) groups is 2. The molecule has 1 aliphatic rings. The second kappa shape index (κ2) is 9.40. The van der Waals surface area contributed by atoms with E-state index in [-0.39, 0.29) is 23.9 Å².